The van der Waals surface area contributed by atoms with Crippen molar-refractivity contribution >= 4 is 0 Å². The van der Waals surface area contributed by atoms with Crippen LogP contribution in [0.4, 0.5) is 0 Å². The van der Waals surface area contributed by atoms with Crippen molar-refractivity contribution in [1.29, 1.82) is 0 Å². The monoisotopic (exact) mass is 355 g/mol. The largest absolute Gasteiger partial charge is 0.393 e. The van der Waals surface area contributed by atoms with Crippen LogP contribution in [0.15, 0.2) is 23.4 Å². The van der Waals surface area contributed by atoms with Crippen LogP contribution in [0.3, 0.4) is 0 Å². The Kier molecular flexibility index (Phi) is 3.91. The lowest BCUT2D eigenvalue weighted by Crippen LogP contribution is -2.53. The van der Waals surface area contributed by atoms with Crippen LogP contribution in [0.25, 0.3) is 0 Å². The van der Waals surface area contributed by atoms with Crippen molar-refractivity contribution in [1.82, 2.24) is 4.90 Å². The summed E-state index contributed by atoms with van der Waals surface area (Å²) in [5.74, 6) is 3.15. The maximum atomic E-state index is 10.2. The first-order valence-electron chi connectivity index (χ1n) is 11.3. The number of likely N-dealkylation sites (tertiary alicyclic amines) is 1. The van der Waals surface area contributed by atoms with Crippen molar-refractivity contribution in [2.24, 2.45) is 34.5 Å². The molecule has 144 valence electrons. The van der Waals surface area contributed by atoms with E-state index in [1.54, 1.807) is 11.3 Å². The van der Waals surface area contributed by atoms with Gasteiger partial charge >= 0.3 is 0 Å². The van der Waals surface area contributed by atoms with Crippen LogP contribution < -0.4 is 0 Å². The zero-order valence-corrected chi connectivity index (χ0v) is 17.0. The molecule has 7 atom stereocenters. The van der Waals surface area contributed by atoms with E-state index in [1.165, 1.54) is 51.6 Å². The minimum absolute atomic E-state index is 0.0955. The molecule has 5 aliphatic rings. The van der Waals surface area contributed by atoms with Crippen molar-refractivity contribution in [3.63, 3.8) is 0 Å². The molecule has 5 rings (SSSR count). The van der Waals surface area contributed by atoms with E-state index in [4.69, 9.17) is 0 Å². The number of hydrogen-bond acceptors (Lipinski definition) is 2. The fourth-order valence-corrected chi connectivity index (χ4v) is 8.00. The van der Waals surface area contributed by atoms with Crippen LogP contribution in [-0.4, -0.2) is 29.2 Å². The highest BCUT2D eigenvalue weighted by molar-refractivity contribution is 5.31. The zero-order chi connectivity index (χ0) is 18.1. The predicted octanol–water partition coefficient (Wildman–Crippen LogP) is 5.15. The SMILES string of the molecule is C[C@@H]1C=C2C[C@H](O)CC[C@]2(C)[C@H]2CC[C@]3(C)C(N4CCCC4)=CC[C@H]3[C@H]12. The minimum atomic E-state index is -0.0955. The molecule has 0 unspecified atom stereocenters. The Hall–Kier alpha value is -0.760. The highest BCUT2D eigenvalue weighted by atomic mass is 16.3. The van der Waals surface area contributed by atoms with Gasteiger partial charge in [0.1, 0.15) is 0 Å². The topological polar surface area (TPSA) is 23.5 Å². The van der Waals surface area contributed by atoms with Gasteiger partial charge in [0.25, 0.3) is 0 Å². The number of allylic oxidation sites excluding steroid dienone is 3. The van der Waals surface area contributed by atoms with Gasteiger partial charge in [-0.15, -0.1) is 0 Å². The first-order chi connectivity index (χ1) is 12.4. The van der Waals surface area contributed by atoms with Crippen molar-refractivity contribution in [3.8, 4) is 0 Å². The Balaban J connectivity index is 1.48. The Morgan fingerprint density at radius 1 is 1.04 bits per heavy atom. The molecule has 2 heteroatoms. The molecule has 2 nitrogen and oxygen atoms in total. The van der Waals surface area contributed by atoms with E-state index in [0.717, 1.165) is 30.6 Å². The number of rotatable bonds is 1. The Labute approximate surface area is 159 Å². The Morgan fingerprint density at radius 3 is 2.54 bits per heavy atom. The summed E-state index contributed by atoms with van der Waals surface area (Å²) >= 11 is 0. The van der Waals surface area contributed by atoms with E-state index in [9.17, 15) is 5.11 Å². The normalized spacial score (nSPS) is 50.6. The fraction of sp³-hybridized carbons (Fsp3) is 0.833. The average molecular weight is 356 g/mol. The summed E-state index contributed by atoms with van der Waals surface area (Å²) in [6, 6.07) is 0. The van der Waals surface area contributed by atoms with Crippen LogP contribution in [0.5, 0.6) is 0 Å². The van der Waals surface area contributed by atoms with Gasteiger partial charge in [0.2, 0.25) is 0 Å². The predicted molar refractivity (Wildman–Crippen MR) is 107 cm³/mol. The molecular formula is C24H37NO. The maximum Gasteiger partial charge on any atom is 0.0577 e. The lowest BCUT2D eigenvalue weighted by Gasteiger charge is -2.59. The number of aliphatic hydroxyl groups is 1. The van der Waals surface area contributed by atoms with E-state index >= 15 is 0 Å². The second-order valence-corrected chi connectivity index (χ2v) is 10.6. The molecule has 2 saturated carbocycles. The summed E-state index contributed by atoms with van der Waals surface area (Å²) in [5, 5.41) is 10.2. The smallest absolute Gasteiger partial charge is 0.0577 e. The van der Waals surface area contributed by atoms with Crippen molar-refractivity contribution in [2.45, 2.75) is 78.2 Å². The fourth-order valence-electron chi connectivity index (χ4n) is 8.00. The van der Waals surface area contributed by atoms with E-state index in [-0.39, 0.29) is 6.10 Å². The van der Waals surface area contributed by atoms with Crippen LogP contribution in [0.1, 0.15) is 72.1 Å². The van der Waals surface area contributed by atoms with E-state index < -0.39 is 0 Å². The van der Waals surface area contributed by atoms with E-state index in [0.29, 0.717) is 16.7 Å². The van der Waals surface area contributed by atoms with E-state index in [2.05, 4.69) is 37.8 Å². The highest BCUT2D eigenvalue weighted by Gasteiger charge is 2.58. The molecule has 4 aliphatic carbocycles. The van der Waals surface area contributed by atoms with Crippen LogP contribution >= 0.6 is 0 Å². The van der Waals surface area contributed by atoms with Gasteiger partial charge in [-0.05, 0) is 80.5 Å². The molecule has 1 heterocycles. The van der Waals surface area contributed by atoms with Crippen molar-refractivity contribution in [2.75, 3.05) is 13.1 Å². The molecule has 1 saturated heterocycles. The third-order valence-corrected chi connectivity index (χ3v) is 9.39. The molecule has 0 aromatic carbocycles. The Bertz CT molecular complexity index is 645. The molecular weight excluding hydrogens is 318 g/mol. The molecule has 0 spiro atoms. The highest BCUT2D eigenvalue weighted by Crippen LogP contribution is 2.66. The van der Waals surface area contributed by atoms with Gasteiger partial charge in [-0.25, -0.2) is 0 Å². The molecule has 0 amide bonds. The molecule has 0 bridgehead atoms. The molecule has 26 heavy (non-hydrogen) atoms. The van der Waals surface area contributed by atoms with Crippen LogP contribution in [0, 0.1) is 34.5 Å². The second kappa shape index (κ2) is 5.87. The van der Waals surface area contributed by atoms with Gasteiger partial charge in [0.05, 0.1) is 6.10 Å². The third kappa shape index (κ3) is 2.26. The molecule has 1 N–H and O–H groups in total. The second-order valence-electron chi connectivity index (χ2n) is 10.6. The number of aliphatic hydroxyl groups excluding tert-OH is 1. The number of fused-ring (bicyclic) bond motifs is 5. The standard InChI is InChI=1S/C24H37NO/c1-16-14-17-15-18(26)8-10-23(17,2)20-9-11-24(3)19(22(16)20)6-7-21(24)25-12-4-5-13-25/h7,14,16,18-20,22,26H,4-6,8-13,15H2,1-3H3/t16-,18-,19+,20+,22+,23+,24+/m1/s1. The summed E-state index contributed by atoms with van der Waals surface area (Å²) in [6.07, 6.45) is 15.1. The molecule has 0 aromatic heterocycles. The summed E-state index contributed by atoms with van der Waals surface area (Å²) in [6.45, 7) is 10.2. The minimum Gasteiger partial charge on any atom is -0.393 e. The van der Waals surface area contributed by atoms with Gasteiger partial charge in [0, 0.05) is 24.2 Å². The lowest BCUT2D eigenvalue weighted by molar-refractivity contribution is -0.0532. The average Bonchev–Trinajstić information content (AvgIpc) is 3.23. The van der Waals surface area contributed by atoms with Gasteiger partial charge in [-0.1, -0.05) is 38.5 Å². The van der Waals surface area contributed by atoms with Gasteiger partial charge < -0.3 is 10.0 Å². The van der Waals surface area contributed by atoms with Gasteiger partial charge in [0.15, 0.2) is 0 Å². The quantitative estimate of drug-likeness (QED) is 0.658. The summed E-state index contributed by atoms with van der Waals surface area (Å²) < 4.78 is 0. The maximum absolute atomic E-state index is 10.2. The first kappa shape index (κ1) is 17.3. The summed E-state index contributed by atoms with van der Waals surface area (Å²) in [4.78, 5) is 2.73. The first-order valence-corrected chi connectivity index (χ1v) is 11.3. The van der Waals surface area contributed by atoms with Crippen LogP contribution in [-0.2, 0) is 0 Å². The summed E-state index contributed by atoms with van der Waals surface area (Å²) in [5.41, 5.74) is 4.08. The molecule has 3 fully saturated rings. The molecule has 1 aliphatic heterocycles. The third-order valence-electron chi connectivity index (χ3n) is 9.39. The Morgan fingerprint density at radius 2 is 1.77 bits per heavy atom. The molecule has 0 aromatic rings. The number of nitrogens with zero attached hydrogens (tertiary/aromatic N) is 1. The van der Waals surface area contributed by atoms with Gasteiger partial charge in [-0.2, -0.15) is 0 Å². The zero-order valence-electron chi connectivity index (χ0n) is 17.0. The van der Waals surface area contributed by atoms with Crippen molar-refractivity contribution < 1.29 is 5.11 Å². The lowest BCUT2D eigenvalue weighted by atomic mass is 9.46. The van der Waals surface area contributed by atoms with Crippen LogP contribution in [0.2, 0.25) is 0 Å². The van der Waals surface area contributed by atoms with Gasteiger partial charge in [-0.3, -0.25) is 0 Å². The molecule has 0 radical (unpaired) electrons. The van der Waals surface area contributed by atoms with Crippen molar-refractivity contribution in [3.05, 3.63) is 23.4 Å². The summed E-state index contributed by atoms with van der Waals surface area (Å²) in [7, 11) is 0. The van der Waals surface area contributed by atoms with E-state index in [1.807, 2.05) is 0 Å². The number of hydrogen-bond donors (Lipinski definition) is 1.